The van der Waals surface area contributed by atoms with Gasteiger partial charge in [-0.25, -0.2) is 13.1 Å². The predicted octanol–water partition coefficient (Wildman–Crippen LogP) is 2.50. The lowest BCUT2D eigenvalue weighted by Gasteiger charge is -2.33. The van der Waals surface area contributed by atoms with Crippen LogP contribution in [0.2, 0.25) is 0 Å². The molecule has 3 heterocycles. The zero-order chi connectivity index (χ0) is 21.1. The van der Waals surface area contributed by atoms with Gasteiger partial charge in [0.25, 0.3) is 0 Å². The van der Waals surface area contributed by atoms with E-state index in [4.69, 9.17) is 22.1 Å². The summed E-state index contributed by atoms with van der Waals surface area (Å²) in [5.41, 5.74) is 0. The van der Waals surface area contributed by atoms with Gasteiger partial charge >= 0.3 is 0 Å². The van der Waals surface area contributed by atoms with Gasteiger partial charge < -0.3 is 9.30 Å². The molecule has 1 fully saturated rings. The van der Waals surface area contributed by atoms with Crippen LogP contribution in [-0.2, 0) is 29.7 Å². The van der Waals surface area contributed by atoms with E-state index in [0.29, 0.717) is 50.1 Å². The van der Waals surface area contributed by atoms with Crippen LogP contribution in [-0.4, -0.2) is 64.8 Å². The molecule has 0 saturated carbocycles. The summed E-state index contributed by atoms with van der Waals surface area (Å²) in [5.74, 6) is 1.76. The third kappa shape index (κ3) is 4.46. The first-order valence-electron chi connectivity index (χ1n) is 10.6. The van der Waals surface area contributed by atoms with Crippen LogP contribution in [0.3, 0.4) is 0 Å². The third-order valence-electron chi connectivity index (χ3n) is 5.72. The van der Waals surface area contributed by atoms with E-state index < -0.39 is 10.0 Å². The lowest BCUT2D eigenvalue weighted by molar-refractivity contribution is 0.144. The van der Waals surface area contributed by atoms with Crippen LogP contribution in [0.25, 0.3) is 0 Å². The van der Waals surface area contributed by atoms with Gasteiger partial charge in [-0.05, 0) is 56.2 Å². The van der Waals surface area contributed by atoms with Crippen LogP contribution < -0.4 is 4.74 Å². The van der Waals surface area contributed by atoms with E-state index in [1.54, 1.807) is 28.6 Å². The van der Waals surface area contributed by atoms with E-state index in [1.807, 2.05) is 11.6 Å². The average molecular weight is 452 g/mol. The molecular weight excluding hydrogens is 422 g/mol. The second kappa shape index (κ2) is 9.17. The number of sulfonamides is 1. The number of rotatable bonds is 6. The Kier molecular flexibility index (Phi) is 6.57. The number of hydrogen-bond acceptors (Lipinski definition) is 6. The SMILES string of the molecule is CCOc1ccc(S(=O)(=O)N2CCN(Cn3nc4n(c3=S)CCCCC4)CC2)cc1. The molecular formula is C20H29N5O3S2. The van der Waals surface area contributed by atoms with Crippen molar-refractivity contribution in [3.8, 4) is 5.75 Å². The van der Waals surface area contributed by atoms with Crippen molar-refractivity contribution in [2.75, 3.05) is 32.8 Å². The summed E-state index contributed by atoms with van der Waals surface area (Å²) in [7, 11) is -3.50. The van der Waals surface area contributed by atoms with Gasteiger partial charge in [-0.2, -0.15) is 9.40 Å². The number of piperazine rings is 1. The molecule has 4 rings (SSSR count). The Morgan fingerprint density at radius 1 is 1.03 bits per heavy atom. The van der Waals surface area contributed by atoms with E-state index in [2.05, 4.69) is 9.47 Å². The smallest absolute Gasteiger partial charge is 0.243 e. The Labute approximate surface area is 183 Å². The van der Waals surface area contributed by atoms with Crippen molar-refractivity contribution >= 4 is 22.2 Å². The second-order valence-electron chi connectivity index (χ2n) is 7.73. The molecule has 0 radical (unpaired) electrons. The molecule has 164 valence electrons. The summed E-state index contributed by atoms with van der Waals surface area (Å²) in [4.78, 5) is 2.52. The van der Waals surface area contributed by atoms with Crippen LogP contribution in [0.5, 0.6) is 5.75 Å². The highest BCUT2D eigenvalue weighted by atomic mass is 32.2. The summed E-state index contributed by atoms with van der Waals surface area (Å²) < 4.78 is 37.7. The van der Waals surface area contributed by atoms with E-state index in [1.165, 1.54) is 6.42 Å². The maximum absolute atomic E-state index is 13.0. The van der Waals surface area contributed by atoms with Crippen LogP contribution in [0.15, 0.2) is 29.2 Å². The van der Waals surface area contributed by atoms with E-state index in [9.17, 15) is 8.42 Å². The minimum atomic E-state index is -3.50. The van der Waals surface area contributed by atoms with Crippen molar-refractivity contribution in [3.63, 3.8) is 0 Å². The first-order valence-corrected chi connectivity index (χ1v) is 12.5. The van der Waals surface area contributed by atoms with Crippen LogP contribution in [0.4, 0.5) is 0 Å². The summed E-state index contributed by atoms with van der Waals surface area (Å²) in [6.45, 7) is 6.22. The zero-order valence-corrected chi connectivity index (χ0v) is 19.0. The van der Waals surface area contributed by atoms with Gasteiger partial charge in [0.05, 0.1) is 18.2 Å². The molecule has 30 heavy (non-hydrogen) atoms. The van der Waals surface area contributed by atoms with Crippen LogP contribution in [0.1, 0.15) is 32.0 Å². The quantitative estimate of drug-likeness (QED) is 0.629. The molecule has 2 aliphatic rings. The Balaban J connectivity index is 1.38. The lowest BCUT2D eigenvalue weighted by atomic mass is 10.2. The number of nitrogens with zero attached hydrogens (tertiary/aromatic N) is 5. The zero-order valence-electron chi connectivity index (χ0n) is 17.4. The van der Waals surface area contributed by atoms with E-state index in [-0.39, 0.29) is 0 Å². The van der Waals surface area contributed by atoms with Gasteiger partial charge in [-0.15, -0.1) is 0 Å². The highest BCUT2D eigenvalue weighted by Crippen LogP contribution is 2.21. The molecule has 0 N–H and O–H groups in total. The minimum absolute atomic E-state index is 0.305. The number of hydrogen-bond donors (Lipinski definition) is 0. The first-order chi connectivity index (χ1) is 14.5. The molecule has 1 saturated heterocycles. The fourth-order valence-corrected chi connectivity index (χ4v) is 5.76. The van der Waals surface area contributed by atoms with Gasteiger partial charge in [0.15, 0.2) is 4.77 Å². The van der Waals surface area contributed by atoms with Crippen molar-refractivity contribution in [3.05, 3.63) is 34.9 Å². The van der Waals surface area contributed by atoms with E-state index in [0.717, 1.165) is 36.4 Å². The number of benzene rings is 1. The Hall–Kier alpha value is -1.75. The number of ether oxygens (including phenoxy) is 1. The van der Waals surface area contributed by atoms with Crippen molar-refractivity contribution in [2.24, 2.45) is 0 Å². The molecule has 10 heteroatoms. The van der Waals surface area contributed by atoms with Gasteiger partial charge in [0, 0.05) is 39.1 Å². The highest BCUT2D eigenvalue weighted by Gasteiger charge is 2.29. The van der Waals surface area contributed by atoms with Crippen molar-refractivity contribution < 1.29 is 13.2 Å². The first kappa shape index (κ1) is 21.5. The fraction of sp³-hybridized carbons (Fsp3) is 0.600. The van der Waals surface area contributed by atoms with Gasteiger partial charge in [0.1, 0.15) is 11.6 Å². The van der Waals surface area contributed by atoms with Gasteiger partial charge in [-0.3, -0.25) is 4.90 Å². The maximum atomic E-state index is 13.0. The van der Waals surface area contributed by atoms with E-state index >= 15 is 0 Å². The molecule has 0 aliphatic carbocycles. The highest BCUT2D eigenvalue weighted by molar-refractivity contribution is 7.89. The summed E-state index contributed by atoms with van der Waals surface area (Å²) in [5, 5.41) is 4.73. The molecule has 1 aromatic carbocycles. The normalized spacial score (nSPS) is 18.7. The Morgan fingerprint density at radius 3 is 2.47 bits per heavy atom. The molecule has 2 aromatic rings. The largest absolute Gasteiger partial charge is 0.494 e. The minimum Gasteiger partial charge on any atom is -0.494 e. The van der Waals surface area contributed by atoms with Crippen LogP contribution >= 0.6 is 12.2 Å². The average Bonchev–Trinajstić information content (AvgIpc) is 2.91. The van der Waals surface area contributed by atoms with Crippen LogP contribution in [0, 0.1) is 4.77 Å². The molecule has 8 nitrogen and oxygen atoms in total. The molecule has 0 spiro atoms. The maximum Gasteiger partial charge on any atom is 0.243 e. The standard InChI is InChI=1S/C20H29N5O3S2/c1-2-28-17-7-9-18(10-8-17)30(26,27)23-14-12-22(13-15-23)16-25-20(29)24-11-5-3-4-6-19(24)21-25/h7-10H,2-6,11-16H2,1H3. The summed E-state index contributed by atoms with van der Waals surface area (Å²) >= 11 is 5.64. The second-order valence-corrected chi connectivity index (χ2v) is 10.0. The predicted molar refractivity (Wildman–Crippen MR) is 117 cm³/mol. The topological polar surface area (TPSA) is 72.6 Å². The molecule has 0 unspecified atom stereocenters. The van der Waals surface area contributed by atoms with Crippen molar-refractivity contribution in [1.29, 1.82) is 0 Å². The monoisotopic (exact) mass is 451 g/mol. The number of aryl methyl sites for hydroxylation is 1. The molecule has 1 aromatic heterocycles. The fourth-order valence-electron chi connectivity index (χ4n) is 4.04. The molecule has 0 amide bonds. The van der Waals surface area contributed by atoms with Crippen molar-refractivity contribution in [1.82, 2.24) is 23.6 Å². The van der Waals surface area contributed by atoms with Crippen molar-refractivity contribution in [2.45, 2.75) is 50.7 Å². The van der Waals surface area contributed by atoms with Gasteiger partial charge in [-0.1, -0.05) is 6.42 Å². The number of fused-ring (bicyclic) bond motifs is 1. The Morgan fingerprint density at radius 2 is 1.77 bits per heavy atom. The summed E-state index contributed by atoms with van der Waals surface area (Å²) in [6, 6.07) is 6.64. The molecule has 2 aliphatic heterocycles. The number of aromatic nitrogens is 3. The Bertz CT molecular complexity index is 1020. The molecule has 0 atom stereocenters. The molecule has 0 bridgehead atoms. The third-order valence-corrected chi connectivity index (χ3v) is 8.06. The lowest BCUT2D eigenvalue weighted by Crippen LogP contribution is -2.48. The van der Waals surface area contributed by atoms with Gasteiger partial charge in [0.2, 0.25) is 10.0 Å². The summed E-state index contributed by atoms with van der Waals surface area (Å²) in [6.07, 6.45) is 4.51.